The largest absolute Gasteiger partial charge is 0.356 e. The lowest BCUT2D eigenvalue weighted by Gasteiger charge is -2.23. The number of ether oxygens (including phenoxy) is 1. The minimum absolute atomic E-state index is 0.153. The van der Waals surface area contributed by atoms with E-state index in [2.05, 4.69) is 5.10 Å². The van der Waals surface area contributed by atoms with E-state index in [0.29, 0.717) is 17.5 Å². The average Bonchev–Trinajstić information content (AvgIpc) is 2.68. The van der Waals surface area contributed by atoms with Gasteiger partial charge in [-0.15, -0.1) is 5.10 Å². The molecule has 3 nitrogen and oxygen atoms in total. The predicted octanol–water partition coefficient (Wildman–Crippen LogP) is 1.67. The summed E-state index contributed by atoms with van der Waals surface area (Å²) in [6.45, 7) is 0.711. The summed E-state index contributed by atoms with van der Waals surface area (Å²) in [5.41, 5.74) is 1.28. The molecule has 5 heteroatoms. The molecule has 0 bridgehead atoms. The molecule has 3 rings (SSSR count). The topological polar surface area (TPSA) is 27.1 Å². The molecule has 1 unspecified atom stereocenters. The second-order valence-electron chi connectivity index (χ2n) is 4.33. The van der Waals surface area contributed by atoms with E-state index in [9.17, 15) is 4.39 Å². The maximum Gasteiger partial charge on any atom is 0.240 e. The number of halogens is 1. The maximum absolute atomic E-state index is 13.7. The lowest BCUT2D eigenvalue weighted by molar-refractivity contribution is -0.0375. The van der Waals surface area contributed by atoms with Crippen LogP contribution in [0.25, 0.3) is 10.9 Å². The van der Waals surface area contributed by atoms with Crippen LogP contribution in [-0.4, -0.2) is 24.2 Å². The molecule has 0 spiro atoms. The van der Waals surface area contributed by atoms with E-state index in [4.69, 9.17) is 12.6 Å². The van der Waals surface area contributed by atoms with Crippen molar-refractivity contribution in [1.29, 1.82) is 0 Å². The van der Waals surface area contributed by atoms with Gasteiger partial charge in [0.1, 0.15) is 7.85 Å². The Labute approximate surface area is 100.0 Å². The maximum atomic E-state index is 13.7. The van der Waals surface area contributed by atoms with E-state index in [1.54, 1.807) is 22.9 Å². The molecule has 1 aliphatic heterocycles. The van der Waals surface area contributed by atoms with Crippen molar-refractivity contribution in [1.82, 2.24) is 9.78 Å². The summed E-state index contributed by atoms with van der Waals surface area (Å²) >= 11 is 0. The summed E-state index contributed by atoms with van der Waals surface area (Å²) in [6, 6.07) is 5.15. The van der Waals surface area contributed by atoms with Crippen LogP contribution in [0.5, 0.6) is 0 Å². The van der Waals surface area contributed by atoms with Gasteiger partial charge in [-0.05, 0) is 25.3 Å². The zero-order chi connectivity index (χ0) is 11.8. The van der Waals surface area contributed by atoms with E-state index >= 15 is 0 Å². The molecule has 2 radical (unpaired) electrons. The van der Waals surface area contributed by atoms with E-state index in [-0.39, 0.29) is 6.23 Å². The van der Waals surface area contributed by atoms with E-state index in [1.807, 2.05) is 0 Å². The second kappa shape index (κ2) is 4.15. The van der Waals surface area contributed by atoms with Gasteiger partial charge in [0, 0.05) is 6.61 Å². The van der Waals surface area contributed by atoms with Gasteiger partial charge in [0.05, 0.1) is 10.9 Å². The molecular formula is C12H12BFN2O. The highest BCUT2D eigenvalue weighted by atomic mass is 19.1. The number of rotatable bonds is 1. The van der Waals surface area contributed by atoms with Gasteiger partial charge in [-0.3, -0.25) is 0 Å². The van der Waals surface area contributed by atoms with Crippen molar-refractivity contribution in [2.45, 2.75) is 25.5 Å². The predicted molar refractivity (Wildman–Crippen MR) is 63.9 cm³/mol. The number of fused-ring (bicyclic) bond motifs is 1. The van der Waals surface area contributed by atoms with Crippen LogP contribution in [0.4, 0.5) is 4.39 Å². The smallest absolute Gasteiger partial charge is 0.240 e. The first-order valence-electron chi connectivity index (χ1n) is 5.80. The number of aromatic nitrogens is 2. The Morgan fingerprint density at radius 3 is 3.06 bits per heavy atom. The highest BCUT2D eigenvalue weighted by Gasteiger charge is 2.20. The summed E-state index contributed by atoms with van der Waals surface area (Å²) in [6.07, 6.45) is 2.87. The van der Waals surface area contributed by atoms with Crippen molar-refractivity contribution in [3.8, 4) is 0 Å². The summed E-state index contributed by atoms with van der Waals surface area (Å²) < 4.78 is 20.9. The number of hydrogen-bond donors (Lipinski definition) is 0. The fourth-order valence-corrected chi connectivity index (χ4v) is 2.26. The monoisotopic (exact) mass is 230 g/mol. The van der Waals surface area contributed by atoms with Gasteiger partial charge in [-0.2, -0.15) is 4.39 Å². The highest BCUT2D eigenvalue weighted by molar-refractivity contribution is 6.33. The van der Waals surface area contributed by atoms with Crippen LogP contribution in [0.1, 0.15) is 25.5 Å². The Bertz CT molecular complexity index is 549. The standard InChI is InChI=1S/C12H12BFN2O/c13-8-4-5-10-9(7-8)12(14)15-16(10)11-3-1-2-6-17-11/h4-5,7,11H,1-3,6H2. The lowest BCUT2D eigenvalue weighted by atomic mass is 9.95. The van der Waals surface area contributed by atoms with Crippen molar-refractivity contribution < 1.29 is 9.13 Å². The first-order valence-corrected chi connectivity index (χ1v) is 5.80. The van der Waals surface area contributed by atoms with Crippen LogP contribution in [0.15, 0.2) is 18.2 Å². The molecule has 0 aliphatic carbocycles. The van der Waals surface area contributed by atoms with Gasteiger partial charge in [0.2, 0.25) is 5.95 Å². The summed E-state index contributed by atoms with van der Waals surface area (Å²) in [4.78, 5) is 0. The highest BCUT2D eigenvalue weighted by Crippen LogP contribution is 2.26. The zero-order valence-corrected chi connectivity index (χ0v) is 9.40. The molecule has 2 heterocycles. The van der Waals surface area contributed by atoms with Gasteiger partial charge in [0.25, 0.3) is 0 Å². The Balaban J connectivity index is 2.10. The van der Waals surface area contributed by atoms with Crippen LogP contribution in [0.2, 0.25) is 0 Å². The molecule has 2 aromatic rings. The summed E-state index contributed by atoms with van der Waals surface area (Å²) in [7, 11) is 5.65. The molecule has 0 N–H and O–H groups in total. The average molecular weight is 230 g/mol. The van der Waals surface area contributed by atoms with Gasteiger partial charge < -0.3 is 4.74 Å². The van der Waals surface area contributed by atoms with Crippen molar-refractivity contribution >= 4 is 24.2 Å². The van der Waals surface area contributed by atoms with Crippen molar-refractivity contribution in [3.05, 3.63) is 24.1 Å². The van der Waals surface area contributed by atoms with Crippen molar-refractivity contribution in [2.75, 3.05) is 6.61 Å². The fourth-order valence-electron chi connectivity index (χ4n) is 2.26. The molecule has 17 heavy (non-hydrogen) atoms. The number of hydrogen-bond acceptors (Lipinski definition) is 2. The molecule has 1 fully saturated rings. The molecule has 1 aromatic heterocycles. The van der Waals surface area contributed by atoms with Gasteiger partial charge >= 0.3 is 0 Å². The third-order valence-corrected chi connectivity index (χ3v) is 3.11. The van der Waals surface area contributed by atoms with Crippen LogP contribution in [0.3, 0.4) is 0 Å². The van der Waals surface area contributed by atoms with E-state index in [1.165, 1.54) is 0 Å². The van der Waals surface area contributed by atoms with Crippen molar-refractivity contribution in [2.24, 2.45) is 0 Å². The van der Waals surface area contributed by atoms with Gasteiger partial charge in [0.15, 0.2) is 6.23 Å². The quantitative estimate of drug-likeness (QED) is 0.696. The van der Waals surface area contributed by atoms with E-state index < -0.39 is 5.95 Å². The second-order valence-corrected chi connectivity index (χ2v) is 4.33. The van der Waals surface area contributed by atoms with Crippen LogP contribution < -0.4 is 5.46 Å². The third-order valence-electron chi connectivity index (χ3n) is 3.11. The molecule has 86 valence electrons. The third kappa shape index (κ3) is 1.84. The summed E-state index contributed by atoms with van der Waals surface area (Å²) in [5, 5.41) is 4.38. The van der Waals surface area contributed by atoms with Gasteiger partial charge in [-0.25, -0.2) is 4.68 Å². The molecule has 1 atom stereocenters. The molecule has 0 amide bonds. The first kappa shape index (κ1) is 10.8. The SMILES string of the molecule is [B]c1ccc2c(c1)c(F)nn2C1CCCCO1. The fraction of sp³-hybridized carbons (Fsp3) is 0.417. The van der Waals surface area contributed by atoms with E-state index in [0.717, 1.165) is 24.8 Å². The Morgan fingerprint density at radius 2 is 2.29 bits per heavy atom. The van der Waals surface area contributed by atoms with Crippen LogP contribution in [0, 0.1) is 5.95 Å². The number of nitrogens with zero attached hydrogens (tertiary/aromatic N) is 2. The van der Waals surface area contributed by atoms with Crippen LogP contribution in [-0.2, 0) is 4.74 Å². The minimum atomic E-state index is -0.485. The lowest BCUT2D eigenvalue weighted by Crippen LogP contribution is -2.19. The Hall–Kier alpha value is -1.36. The summed E-state index contributed by atoms with van der Waals surface area (Å²) in [5.74, 6) is -0.485. The normalized spacial score (nSPS) is 20.9. The number of benzene rings is 1. The Morgan fingerprint density at radius 1 is 1.41 bits per heavy atom. The Kier molecular flexibility index (Phi) is 2.63. The molecule has 1 saturated heterocycles. The minimum Gasteiger partial charge on any atom is -0.356 e. The van der Waals surface area contributed by atoms with Gasteiger partial charge in [-0.1, -0.05) is 17.6 Å². The van der Waals surface area contributed by atoms with Crippen molar-refractivity contribution in [3.63, 3.8) is 0 Å². The van der Waals surface area contributed by atoms with Crippen LogP contribution >= 0.6 is 0 Å². The zero-order valence-electron chi connectivity index (χ0n) is 9.40. The molecule has 1 aliphatic rings. The molecule has 0 saturated carbocycles. The molecular weight excluding hydrogens is 218 g/mol. The molecule has 1 aromatic carbocycles. The first-order chi connectivity index (χ1) is 8.25.